The zero-order chi connectivity index (χ0) is 17.4. The van der Waals surface area contributed by atoms with Crippen molar-refractivity contribution in [3.05, 3.63) is 62.0 Å². The van der Waals surface area contributed by atoms with E-state index in [1.165, 1.54) is 14.6 Å². The molecule has 6 heteroatoms. The van der Waals surface area contributed by atoms with E-state index >= 15 is 0 Å². The summed E-state index contributed by atoms with van der Waals surface area (Å²) in [5.41, 5.74) is 1.85. The van der Waals surface area contributed by atoms with Crippen molar-refractivity contribution in [2.24, 2.45) is 0 Å². The third-order valence-electron chi connectivity index (χ3n) is 4.52. The van der Waals surface area contributed by atoms with Gasteiger partial charge in [0.05, 0.1) is 11.3 Å². The smallest absolute Gasteiger partial charge is 0.255 e. The Bertz CT molecular complexity index is 925. The average Bonchev–Trinajstić information content (AvgIpc) is 3.26. The second kappa shape index (κ2) is 6.86. The predicted octanol–water partition coefficient (Wildman–Crippen LogP) is 4.24. The predicted molar refractivity (Wildman–Crippen MR) is 104 cm³/mol. The number of aromatic amines is 1. The number of nitrogens with one attached hydrogen (secondary N) is 1. The van der Waals surface area contributed by atoms with E-state index in [4.69, 9.17) is 0 Å². The van der Waals surface area contributed by atoms with Crippen LogP contribution in [0.4, 0.5) is 0 Å². The normalized spacial score (nSPS) is 14.8. The molecule has 4 nitrogen and oxygen atoms in total. The van der Waals surface area contributed by atoms with E-state index in [0.717, 1.165) is 36.6 Å². The first-order chi connectivity index (χ1) is 12.1. The SMILES string of the molecule is CC(C)c1nc2c(c(=O)[nH]1)CN(Cc1ccc(-c3cccs3)s1)CC2. The number of aromatic nitrogens is 2. The van der Waals surface area contributed by atoms with Gasteiger partial charge in [-0.05, 0) is 23.6 Å². The molecule has 3 aromatic rings. The van der Waals surface area contributed by atoms with Crippen molar-refractivity contribution in [1.82, 2.24) is 14.9 Å². The Morgan fingerprint density at radius 2 is 2.16 bits per heavy atom. The highest BCUT2D eigenvalue weighted by Gasteiger charge is 2.22. The van der Waals surface area contributed by atoms with Gasteiger partial charge >= 0.3 is 0 Å². The summed E-state index contributed by atoms with van der Waals surface area (Å²) in [6.07, 6.45) is 0.849. The monoisotopic (exact) mass is 371 g/mol. The number of fused-ring (bicyclic) bond motifs is 1. The minimum Gasteiger partial charge on any atom is -0.310 e. The maximum absolute atomic E-state index is 12.4. The molecule has 130 valence electrons. The molecule has 0 saturated carbocycles. The molecule has 4 rings (SSSR count). The summed E-state index contributed by atoms with van der Waals surface area (Å²) in [5, 5.41) is 2.11. The topological polar surface area (TPSA) is 49.0 Å². The summed E-state index contributed by atoms with van der Waals surface area (Å²) in [6.45, 7) is 6.64. The van der Waals surface area contributed by atoms with Gasteiger partial charge in [0.1, 0.15) is 5.82 Å². The number of thiophene rings is 2. The second-order valence-corrected chi connectivity index (χ2v) is 8.85. The van der Waals surface area contributed by atoms with Crippen molar-refractivity contribution in [2.45, 2.75) is 39.3 Å². The van der Waals surface area contributed by atoms with E-state index in [2.05, 4.69) is 58.4 Å². The van der Waals surface area contributed by atoms with E-state index in [0.29, 0.717) is 6.54 Å². The third kappa shape index (κ3) is 3.47. The molecule has 3 aromatic heterocycles. The molecule has 0 aromatic carbocycles. The maximum Gasteiger partial charge on any atom is 0.255 e. The molecule has 0 spiro atoms. The first-order valence-electron chi connectivity index (χ1n) is 8.57. The molecule has 0 radical (unpaired) electrons. The second-order valence-electron chi connectivity index (χ2n) is 6.74. The zero-order valence-corrected chi connectivity index (χ0v) is 16.0. The molecule has 1 aliphatic rings. The Hall–Kier alpha value is -1.76. The van der Waals surface area contributed by atoms with Crippen LogP contribution in [0.15, 0.2) is 34.4 Å². The standard InChI is InChI=1S/C19H21N3OS2/c1-12(2)18-20-15-7-8-22(11-14(15)19(23)21-18)10-13-5-6-17(25-13)16-4-3-9-24-16/h3-6,9,12H,7-8,10-11H2,1-2H3,(H,20,21,23). The van der Waals surface area contributed by atoms with Gasteiger partial charge < -0.3 is 4.98 Å². The summed E-state index contributed by atoms with van der Waals surface area (Å²) >= 11 is 3.62. The van der Waals surface area contributed by atoms with E-state index in [1.807, 2.05) is 11.3 Å². The Labute approximate surface area is 155 Å². The molecule has 0 bridgehead atoms. The van der Waals surface area contributed by atoms with Crippen molar-refractivity contribution in [1.29, 1.82) is 0 Å². The summed E-state index contributed by atoms with van der Waals surface area (Å²) in [4.78, 5) is 26.4. The fraction of sp³-hybridized carbons (Fsp3) is 0.368. The molecule has 0 fully saturated rings. The molecule has 1 N–H and O–H groups in total. The van der Waals surface area contributed by atoms with Gasteiger partial charge in [0.25, 0.3) is 5.56 Å². The summed E-state index contributed by atoms with van der Waals surface area (Å²) < 4.78 is 0. The van der Waals surface area contributed by atoms with Crippen LogP contribution in [-0.4, -0.2) is 21.4 Å². The van der Waals surface area contributed by atoms with E-state index in [1.54, 1.807) is 11.3 Å². The quantitative estimate of drug-likeness (QED) is 0.746. The van der Waals surface area contributed by atoms with Gasteiger partial charge in [-0.2, -0.15) is 0 Å². The van der Waals surface area contributed by atoms with Gasteiger partial charge in [-0.3, -0.25) is 9.69 Å². The largest absolute Gasteiger partial charge is 0.310 e. The van der Waals surface area contributed by atoms with Crippen LogP contribution in [0, 0.1) is 0 Å². The number of hydrogen-bond acceptors (Lipinski definition) is 5. The third-order valence-corrected chi connectivity index (χ3v) is 6.65. The molecule has 0 amide bonds. The Balaban J connectivity index is 1.51. The summed E-state index contributed by atoms with van der Waals surface area (Å²) in [5.74, 6) is 1.05. The fourth-order valence-corrected chi connectivity index (χ4v) is 5.03. The van der Waals surface area contributed by atoms with E-state index in [-0.39, 0.29) is 11.5 Å². The summed E-state index contributed by atoms with van der Waals surface area (Å²) in [6, 6.07) is 8.66. The van der Waals surface area contributed by atoms with Gasteiger partial charge in [0.2, 0.25) is 0 Å². The van der Waals surface area contributed by atoms with Crippen LogP contribution in [0.1, 0.15) is 41.7 Å². The number of H-pyrrole nitrogens is 1. The molecular formula is C19H21N3OS2. The van der Waals surface area contributed by atoms with Gasteiger partial charge in [-0.15, -0.1) is 22.7 Å². The highest BCUT2D eigenvalue weighted by atomic mass is 32.1. The number of rotatable bonds is 4. The van der Waals surface area contributed by atoms with Gasteiger partial charge in [0.15, 0.2) is 0 Å². The molecule has 0 unspecified atom stereocenters. The molecule has 0 aliphatic carbocycles. The summed E-state index contributed by atoms with van der Waals surface area (Å²) in [7, 11) is 0. The zero-order valence-electron chi connectivity index (χ0n) is 14.4. The van der Waals surface area contributed by atoms with Crippen LogP contribution in [0.3, 0.4) is 0 Å². The maximum atomic E-state index is 12.4. The highest BCUT2D eigenvalue weighted by Crippen LogP contribution is 2.32. The first kappa shape index (κ1) is 16.7. The molecule has 0 saturated heterocycles. The Kier molecular flexibility index (Phi) is 4.58. The van der Waals surface area contributed by atoms with Crippen LogP contribution >= 0.6 is 22.7 Å². The molecule has 1 aliphatic heterocycles. The van der Waals surface area contributed by atoms with E-state index < -0.39 is 0 Å². The average molecular weight is 372 g/mol. The van der Waals surface area contributed by atoms with Gasteiger partial charge in [0, 0.05) is 46.6 Å². The van der Waals surface area contributed by atoms with Crippen molar-refractivity contribution >= 4 is 22.7 Å². The van der Waals surface area contributed by atoms with Gasteiger partial charge in [-0.1, -0.05) is 19.9 Å². The first-order valence-corrected chi connectivity index (χ1v) is 10.3. The Morgan fingerprint density at radius 3 is 2.92 bits per heavy atom. The molecule has 0 atom stereocenters. The van der Waals surface area contributed by atoms with Crippen molar-refractivity contribution in [2.75, 3.05) is 6.54 Å². The lowest BCUT2D eigenvalue weighted by Gasteiger charge is -2.27. The van der Waals surface area contributed by atoms with Crippen LogP contribution in [0.25, 0.3) is 9.75 Å². The van der Waals surface area contributed by atoms with Crippen molar-refractivity contribution in [3.8, 4) is 9.75 Å². The number of hydrogen-bond donors (Lipinski definition) is 1. The minimum atomic E-state index is 0.0313. The molecule has 25 heavy (non-hydrogen) atoms. The van der Waals surface area contributed by atoms with E-state index in [9.17, 15) is 4.79 Å². The number of nitrogens with zero attached hydrogens (tertiary/aromatic N) is 2. The van der Waals surface area contributed by atoms with Crippen LogP contribution in [0.5, 0.6) is 0 Å². The van der Waals surface area contributed by atoms with Crippen molar-refractivity contribution < 1.29 is 0 Å². The highest BCUT2D eigenvalue weighted by molar-refractivity contribution is 7.21. The molecule has 4 heterocycles. The fourth-order valence-electron chi connectivity index (χ4n) is 3.14. The van der Waals surface area contributed by atoms with Crippen molar-refractivity contribution in [3.63, 3.8) is 0 Å². The van der Waals surface area contributed by atoms with Gasteiger partial charge in [-0.25, -0.2) is 4.98 Å². The lowest BCUT2D eigenvalue weighted by atomic mass is 10.1. The lowest BCUT2D eigenvalue weighted by molar-refractivity contribution is 0.243. The lowest BCUT2D eigenvalue weighted by Crippen LogP contribution is -2.35. The minimum absolute atomic E-state index is 0.0313. The molecular weight excluding hydrogens is 350 g/mol. The van der Waals surface area contributed by atoms with Crippen LogP contribution in [-0.2, 0) is 19.5 Å². The Morgan fingerprint density at radius 1 is 1.28 bits per heavy atom. The van der Waals surface area contributed by atoms with Crippen LogP contribution in [0.2, 0.25) is 0 Å². The van der Waals surface area contributed by atoms with Crippen LogP contribution < -0.4 is 5.56 Å².